The van der Waals surface area contributed by atoms with Crippen LogP contribution < -0.4 is 15.0 Å². The molecule has 2 aromatic carbocycles. The summed E-state index contributed by atoms with van der Waals surface area (Å²) < 4.78 is 18.0. The van der Waals surface area contributed by atoms with Gasteiger partial charge in [0, 0.05) is 4.88 Å². The van der Waals surface area contributed by atoms with Gasteiger partial charge in [-0.1, -0.05) is 36.0 Å². The average molecular weight is 535 g/mol. The van der Waals surface area contributed by atoms with Crippen LogP contribution in [0.1, 0.15) is 28.8 Å². The van der Waals surface area contributed by atoms with Crippen LogP contribution >= 0.6 is 23.1 Å². The molecule has 0 bridgehead atoms. The summed E-state index contributed by atoms with van der Waals surface area (Å²) >= 11 is 2.91. The zero-order chi connectivity index (χ0) is 26.1. The number of rotatable bonds is 8. The first-order valence-corrected chi connectivity index (χ1v) is 13.5. The lowest BCUT2D eigenvalue weighted by Crippen LogP contribution is -2.21. The molecule has 0 unspecified atom stereocenters. The van der Waals surface area contributed by atoms with E-state index in [0.717, 1.165) is 27.4 Å². The Bertz CT molecular complexity index is 1640. The van der Waals surface area contributed by atoms with Gasteiger partial charge in [-0.2, -0.15) is 4.98 Å². The van der Waals surface area contributed by atoms with Crippen LogP contribution in [0.15, 0.2) is 56.9 Å². The fourth-order valence-electron chi connectivity index (χ4n) is 4.02. The highest BCUT2D eigenvalue weighted by molar-refractivity contribution is 7.98. The standard InChI is InChI=1S/C27H26N4O4S2/c1-6-17-7-9-18(10-8-17)31-26(32)23-15(2)16(3)37-25(23)29-27(31)36-14-22-28-24(30-35-22)20-13-19(33-4)11-12-21(20)34-5/h7-13H,6,14H2,1-5H3. The van der Waals surface area contributed by atoms with Gasteiger partial charge in [0.25, 0.3) is 5.56 Å². The number of aryl methyl sites for hydroxylation is 3. The summed E-state index contributed by atoms with van der Waals surface area (Å²) in [4.78, 5) is 25.0. The summed E-state index contributed by atoms with van der Waals surface area (Å²) in [6.07, 6.45) is 0.925. The number of hydrogen-bond donors (Lipinski definition) is 0. The number of nitrogens with zero attached hydrogens (tertiary/aromatic N) is 4. The zero-order valence-corrected chi connectivity index (χ0v) is 22.8. The predicted octanol–water partition coefficient (Wildman–Crippen LogP) is 5.99. The summed E-state index contributed by atoms with van der Waals surface area (Å²) in [7, 11) is 3.18. The molecular weight excluding hydrogens is 508 g/mol. The molecule has 5 aromatic rings. The Morgan fingerprint density at radius 1 is 1.05 bits per heavy atom. The van der Waals surface area contributed by atoms with Crippen LogP contribution in [0, 0.1) is 13.8 Å². The van der Waals surface area contributed by atoms with Crippen molar-refractivity contribution in [2.75, 3.05) is 14.2 Å². The maximum Gasteiger partial charge on any atom is 0.267 e. The van der Waals surface area contributed by atoms with Crippen LogP contribution in [0.3, 0.4) is 0 Å². The normalized spacial score (nSPS) is 11.3. The maximum atomic E-state index is 13.7. The van der Waals surface area contributed by atoms with Gasteiger partial charge in [-0.3, -0.25) is 9.36 Å². The Labute approximate surface area is 222 Å². The summed E-state index contributed by atoms with van der Waals surface area (Å²) in [5.41, 5.74) is 3.54. The minimum Gasteiger partial charge on any atom is -0.497 e. The first-order chi connectivity index (χ1) is 17.9. The lowest BCUT2D eigenvalue weighted by molar-refractivity contribution is 0.389. The number of benzene rings is 2. The van der Waals surface area contributed by atoms with Crippen LogP contribution in [0.2, 0.25) is 0 Å². The van der Waals surface area contributed by atoms with Crippen molar-refractivity contribution in [1.29, 1.82) is 0 Å². The van der Waals surface area contributed by atoms with Gasteiger partial charge in [0.2, 0.25) is 11.7 Å². The fourth-order valence-corrected chi connectivity index (χ4v) is 5.94. The molecule has 190 valence electrons. The smallest absolute Gasteiger partial charge is 0.267 e. The van der Waals surface area contributed by atoms with Crippen molar-refractivity contribution in [2.45, 2.75) is 38.1 Å². The first-order valence-electron chi connectivity index (χ1n) is 11.7. The van der Waals surface area contributed by atoms with E-state index in [2.05, 4.69) is 17.1 Å². The minimum absolute atomic E-state index is 0.0778. The topological polar surface area (TPSA) is 92.3 Å². The molecule has 37 heavy (non-hydrogen) atoms. The lowest BCUT2D eigenvalue weighted by Gasteiger charge is -2.12. The summed E-state index contributed by atoms with van der Waals surface area (Å²) in [6.45, 7) is 6.09. The molecule has 0 saturated heterocycles. The first kappa shape index (κ1) is 25.0. The van der Waals surface area contributed by atoms with E-state index in [0.29, 0.717) is 45.1 Å². The Balaban J connectivity index is 1.52. The van der Waals surface area contributed by atoms with Gasteiger partial charge >= 0.3 is 0 Å². The molecule has 0 amide bonds. The molecule has 0 radical (unpaired) electrons. The molecule has 3 heterocycles. The summed E-state index contributed by atoms with van der Waals surface area (Å²) in [5, 5.41) is 5.38. The fraction of sp³-hybridized carbons (Fsp3) is 0.259. The van der Waals surface area contributed by atoms with E-state index in [9.17, 15) is 4.79 Å². The van der Waals surface area contributed by atoms with Crippen molar-refractivity contribution < 1.29 is 14.0 Å². The van der Waals surface area contributed by atoms with E-state index < -0.39 is 0 Å². The molecule has 0 aliphatic heterocycles. The van der Waals surface area contributed by atoms with Gasteiger partial charge in [-0.05, 0) is 61.7 Å². The largest absolute Gasteiger partial charge is 0.497 e. The third-order valence-electron chi connectivity index (χ3n) is 6.22. The van der Waals surface area contributed by atoms with Gasteiger partial charge in [0.05, 0.1) is 36.6 Å². The van der Waals surface area contributed by atoms with Crippen molar-refractivity contribution in [1.82, 2.24) is 19.7 Å². The van der Waals surface area contributed by atoms with Gasteiger partial charge < -0.3 is 14.0 Å². The van der Waals surface area contributed by atoms with Crippen LogP contribution in [-0.4, -0.2) is 33.9 Å². The lowest BCUT2D eigenvalue weighted by atomic mass is 10.1. The molecule has 5 rings (SSSR count). The highest BCUT2D eigenvalue weighted by Gasteiger charge is 2.20. The van der Waals surface area contributed by atoms with Gasteiger partial charge in [0.15, 0.2) is 5.16 Å². The number of methoxy groups -OCH3 is 2. The summed E-state index contributed by atoms with van der Waals surface area (Å²) in [5.74, 6) is 2.42. The van der Waals surface area contributed by atoms with Crippen LogP contribution in [0.25, 0.3) is 27.3 Å². The second-order valence-electron chi connectivity index (χ2n) is 8.38. The Kier molecular flexibility index (Phi) is 7.03. The number of hydrogen-bond acceptors (Lipinski definition) is 9. The molecule has 0 aliphatic carbocycles. The monoisotopic (exact) mass is 534 g/mol. The van der Waals surface area contributed by atoms with E-state index in [4.69, 9.17) is 19.0 Å². The highest BCUT2D eigenvalue weighted by Crippen LogP contribution is 2.33. The van der Waals surface area contributed by atoms with Gasteiger partial charge in [-0.25, -0.2) is 4.98 Å². The summed E-state index contributed by atoms with van der Waals surface area (Å²) in [6, 6.07) is 13.4. The maximum absolute atomic E-state index is 13.7. The molecular formula is C27H26N4O4S2. The molecule has 3 aromatic heterocycles. The molecule has 0 atom stereocenters. The second-order valence-corrected chi connectivity index (χ2v) is 10.5. The molecule has 0 saturated carbocycles. The molecule has 0 fully saturated rings. The van der Waals surface area contributed by atoms with E-state index >= 15 is 0 Å². The second kappa shape index (κ2) is 10.4. The van der Waals surface area contributed by atoms with Crippen molar-refractivity contribution >= 4 is 33.3 Å². The van der Waals surface area contributed by atoms with Gasteiger partial charge in [-0.15, -0.1) is 11.3 Å². The molecule has 0 spiro atoms. The number of thioether (sulfide) groups is 1. The van der Waals surface area contributed by atoms with Crippen molar-refractivity contribution in [3.8, 4) is 28.6 Å². The average Bonchev–Trinajstić information content (AvgIpc) is 3.51. The van der Waals surface area contributed by atoms with E-state index in [1.165, 1.54) is 28.7 Å². The molecule has 8 nitrogen and oxygen atoms in total. The van der Waals surface area contributed by atoms with Crippen LogP contribution in [0.5, 0.6) is 11.5 Å². The Hall–Kier alpha value is -3.63. The van der Waals surface area contributed by atoms with E-state index in [1.807, 2.05) is 38.1 Å². The molecule has 0 aliphatic rings. The quantitative estimate of drug-likeness (QED) is 0.177. The van der Waals surface area contributed by atoms with Crippen molar-refractivity contribution in [3.05, 3.63) is 74.7 Å². The van der Waals surface area contributed by atoms with Gasteiger partial charge in [0.1, 0.15) is 16.3 Å². The highest BCUT2D eigenvalue weighted by atomic mass is 32.2. The third-order valence-corrected chi connectivity index (χ3v) is 8.24. The van der Waals surface area contributed by atoms with Crippen LogP contribution in [0.4, 0.5) is 0 Å². The Morgan fingerprint density at radius 3 is 2.54 bits per heavy atom. The Morgan fingerprint density at radius 2 is 1.84 bits per heavy atom. The SMILES string of the molecule is CCc1ccc(-n2c(SCc3nc(-c4cc(OC)ccc4OC)no3)nc3sc(C)c(C)c3c2=O)cc1. The minimum atomic E-state index is -0.0778. The zero-order valence-electron chi connectivity index (χ0n) is 21.2. The predicted molar refractivity (Wildman–Crippen MR) is 146 cm³/mol. The number of thiophene rings is 1. The number of ether oxygens (including phenoxy) is 2. The van der Waals surface area contributed by atoms with E-state index in [-0.39, 0.29) is 5.56 Å². The van der Waals surface area contributed by atoms with E-state index in [1.54, 1.807) is 37.0 Å². The van der Waals surface area contributed by atoms with Crippen molar-refractivity contribution in [2.24, 2.45) is 0 Å². The van der Waals surface area contributed by atoms with Crippen molar-refractivity contribution in [3.63, 3.8) is 0 Å². The molecule has 0 N–H and O–H groups in total. The number of fused-ring (bicyclic) bond motifs is 1. The number of aromatic nitrogens is 4. The molecule has 10 heteroatoms. The van der Waals surface area contributed by atoms with Crippen LogP contribution in [-0.2, 0) is 12.2 Å². The third kappa shape index (κ3) is 4.74.